The molecule has 166 valence electrons. The highest BCUT2D eigenvalue weighted by atomic mass is 19.1. The summed E-state index contributed by atoms with van der Waals surface area (Å²) < 4.78 is 35.4. The van der Waals surface area contributed by atoms with Crippen LogP contribution in [0.1, 0.15) is 23.2 Å². The summed E-state index contributed by atoms with van der Waals surface area (Å²) in [7, 11) is 0. The van der Waals surface area contributed by atoms with Gasteiger partial charge in [-0.05, 0) is 25.5 Å². The van der Waals surface area contributed by atoms with Gasteiger partial charge in [0.2, 0.25) is 5.91 Å². The molecule has 0 aliphatic carbocycles. The minimum atomic E-state index is -0.780. The van der Waals surface area contributed by atoms with E-state index in [-0.39, 0.29) is 30.7 Å². The molecular formula is C23H18F2N6O2. The molecule has 1 atom stereocenters. The van der Waals surface area contributed by atoms with Crippen LogP contribution in [0.3, 0.4) is 0 Å². The summed E-state index contributed by atoms with van der Waals surface area (Å²) in [6.07, 6.45) is 1.65. The first-order valence-electron chi connectivity index (χ1n) is 10.5. The first-order valence-corrected chi connectivity index (χ1v) is 10.5. The molecule has 4 aromatic rings. The highest BCUT2D eigenvalue weighted by Gasteiger charge is 2.52. The van der Waals surface area contributed by atoms with Crippen molar-refractivity contribution in [2.75, 3.05) is 18.5 Å². The number of benzene rings is 1. The zero-order valence-electron chi connectivity index (χ0n) is 17.6. The number of pyridine rings is 1. The molecule has 1 spiro atoms. The third-order valence-corrected chi connectivity index (χ3v) is 6.30. The molecule has 1 N–H and O–H groups in total. The topological polar surface area (TPSA) is 94.8 Å². The average Bonchev–Trinajstić information content (AvgIpc) is 3.48. The van der Waals surface area contributed by atoms with Gasteiger partial charge in [0.25, 0.3) is 0 Å². The summed E-state index contributed by atoms with van der Waals surface area (Å²) in [6.45, 7) is 2.68. The lowest BCUT2D eigenvalue weighted by atomic mass is 9.81. The van der Waals surface area contributed by atoms with Crippen molar-refractivity contribution in [3.8, 4) is 11.5 Å². The van der Waals surface area contributed by atoms with Gasteiger partial charge >= 0.3 is 0 Å². The molecule has 5 heterocycles. The molecule has 1 amide bonds. The Morgan fingerprint density at radius 3 is 2.88 bits per heavy atom. The molecule has 1 aromatic carbocycles. The van der Waals surface area contributed by atoms with Crippen LogP contribution < -0.4 is 5.32 Å². The van der Waals surface area contributed by atoms with Gasteiger partial charge in [-0.3, -0.25) is 4.79 Å². The minimum Gasteiger partial charge on any atom is -0.380 e. The van der Waals surface area contributed by atoms with E-state index in [1.165, 1.54) is 16.8 Å². The SMILES string of the molecule is Cc1nc(-c2nn(Cc3ccccc3F)c3ncc(F)cc23)nc2c1C1(CCOC1)C(=O)N2. The summed E-state index contributed by atoms with van der Waals surface area (Å²) in [6, 6.07) is 7.67. The number of aryl methyl sites for hydroxylation is 1. The van der Waals surface area contributed by atoms with Gasteiger partial charge in [0.15, 0.2) is 11.5 Å². The Balaban J connectivity index is 1.51. The number of nitrogens with one attached hydrogen (secondary N) is 1. The van der Waals surface area contributed by atoms with E-state index in [2.05, 4.69) is 25.4 Å². The Morgan fingerprint density at radius 2 is 2.09 bits per heavy atom. The molecule has 1 saturated heterocycles. The fourth-order valence-corrected chi connectivity index (χ4v) is 4.72. The zero-order valence-corrected chi connectivity index (χ0v) is 17.6. The maximum Gasteiger partial charge on any atom is 0.238 e. The quantitative estimate of drug-likeness (QED) is 0.518. The number of carbonyl (C=O) groups is 1. The fraction of sp³-hybridized carbons (Fsp3) is 0.261. The molecule has 0 saturated carbocycles. The summed E-state index contributed by atoms with van der Waals surface area (Å²) in [4.78, 5) is 26.2. The van der Waals surface area contributed by atoms with Crippen molar-refractivity contribution >= 4 is 22.8 Å². The Kier molecular flexibility index (Phi) is 4.28. The Morgan fingerprint density at radius 1 is 1.24 bits per heavy atom. The van der Waals surface area contributed by atoms with Crippen molar-refractivity contribution in [2.24, 2.45) is 0 Å². The minimum absolute atomic E-state index is 0.100. The van der Waals surface area contributed by atoms with Crippen LogP contribution in [-0.2, 0) is 21.5 Å². The zero-order chi connectivity index (χ0) is 22.7. The largest absolute Gasteiger partial charge is 0.380 e. The molecule has 0 bridgehead atoms. The fourth-order valence-electron chi connectivity index (χ4n) is 4.72. The smallest absolute Gasteiger partial charge is 0.238 e. The molecule has 8 nitrogen and oxygen atoms in total. The lowest BCUT2D eigenvalue weighted by Gasteiger charge is -2.19. The van der Waals surface area contributed by atoms with E-state index in [0.29, 0.717) is 46.8 Å². The monoisotopic (exact) mass is 448 g/mol. The summed E-state index contributed by atoms with van der Waals surface area (Å²) in [5.41, 5.74) is 1.67. The molecule has 2 aliphatic heterocycles. The van der Waals surface area contributed by atoms with Gasteiger partial charge in [0.1, 0.15) is 28.6 Å². The molecule has 3 aromatic heterocycles. The first kappa shape index (κ1) is 19.9. The second-order valence-corrected chi connectivity index (χ2v) is 8.32. The number of fused-ring (bicyclic) bond motifs is 3. The highest BCUT2D eigenvalue weighted by molar-refractivity contribution is 6.06. The maximum absolute atomic E-state index is 14.3. The second-order valence-electron chi connectivity index (χ2n) is 8.32. The van der Waals surface area contributed by atoms with Gasteiger partial charge < -0.3 is 10.1 Å². The van der Waals surface area contributed by atoms with E-state index >= 15 is 0 Å². The summed E-state index contributed by atoms with van der Waals surface area (Å²) in [5, 5.41) is 7.82. The molecule has 1 fully saturated rings. The van der Waals surface area contributed by atoms with Crippen LogP contribution >= 0.6 is 0 Å². The van der Waals surface area contributed by atoms with Gasteiger partial charge in [0, 0.05) is 23.4 Å². The number of rotatable bonds is 3. The molecule has 33 heavy (non-hydrogen) atoms. The molecule has 1 unspecified atom stereocenters. The number of amides is 1. The van der Waals surface area contributed by atoms with Crippen LogP contribution in [0.25, 0.3) is 22.6 Å². The summed E-state index contributed by atoms with van der Waals surface area (Å²) >= 11 is 0. The van der Waals surface area contributed by atoms with Crippen LogP contribution in [-0.4, -0.2) is 43.9 Å². The predicted octanol–water partition coefficient (Wildman–Crippen LogP) is 3.13. The number of ether oxygens (including phenoxy) is 1. The van der Waals surface area contributed by atoms with E-state index in [4.69, 9.17) is 4.74 Å². The molecule has 10 heteroatoms. The van der Waals surface area contributed by atoms with Gasteiger partial charge in [-0.15, -0.1) is 0 Å². The van der Waals surface area contributed by atoms with Crippen molar-refractivity contribution in [3.63, 3.8) is 0 Å². The summed E-state index contributed by atoms with van der Waals surface area (Å²) in [5.74, 6) is -0.433. The maximum atomic E-state index is 14.3. The molecular weight excluding hydrogens is 430 g/mol. The second kappa shape index (κ2) is 7.11. The standard InChI is InChI=1S/C23H18F2N6O2/c1-12-17-19(29-22(32)23(17)6-7-33-11-23)28-20(27-12)18-15-8-14(24)9-26-21(15)31(30-18)10-13-4-2-3-5-16(13)25/h2-5,8-9H,6-7,10-11H2,1H3,(H,27,28,29,32). The van der Waals surface area contributed by atoms with E-state index in [9.17, 15) is 13.6 Å². The highest BCUT2D eigenvalue weighted by Crippen LogP contribution is 2.44. The van der Waals surface area contributed by atoms with Gasteiger partial charge in [-0.2, -0.15) is 5.10 Å². The van der Waals surface area contributed by atoms with Crippen molar-refractivity contribution < 1.29 is 18.3 Å². The number of nitrogens with zero attached hydrogens (tertiary/aromatic N) is 5. The normalized spacial score (nSPS) is 19.4. The first-order chi connectivity index (χ1) is 16.0. The van der Waals surface area contributed by atoms with E-state index in [1.807, 2.05) is 6.92 Å². The van der Waals surface area contributed by atoms with Crippen molar-refractivity contribution in [2.45, 2.75) is 25.3 Å². The van der Waals surface area contributed by atoms with Gasteiger partial charge in [0.05, 0.1) is 24.7 Å². The van der Waals surface area contributed by atoms with E-state index in [0.717, 1.165) is 11.8 Å². The Hall–Kier alpha value is -3.79. The number of halogens is 2. The molecule has 0 radical (unpaired) electrons. The van der Waals surface area contributed by atoms with Crippen LogP contribution in [0, 0.1) is 18.6 Å². The Bertz CT molecular complexity index is 1440. The van der Waals surface area contributed by atoms with E-state index < -0.39 is 11.2 Å². The van der Waals surface area contributed by atoms with Crippen LogP contribution in [0.4, 0.5) is 14.6 Å². The number of hydrogen-bond acceptors (Lipinski definition) is 6. The Labute approximate surface area is 186 Å². The van der Waals surface area contributed by atoms with Crippen molar-refractivity contribution in [3.05, 3.63) is 65.0 Å². The van der Waals surface area contributed by atoms with E-state index in [1.54, 1.807) is 18.2 Å². The van der Waals surface area contributed by atoms with Crippen molar-refractivity contribution in [1.82, 2.24) is 24.7 Å². The number of hydrogen-bond donors (Lipinski definition) is 1. The lowest BCUT2D eigenvalue weighted by Crippen LogP contribution is -2.35. The van der Waals surface area contributed by atoms with Gasteiger partial charge in [-0.25, -0.2) is 28.4 Å². The van der Waals surface area contributed by atoms with Crippen LogP contribution in [0.15, 0.2) is 36.5 Å². The number of aromatic nitrogens is 5. The number of carbonyl (C=O) groups excluding carboxylic acids is 1. The van der Waals surface area contributed by atoms with Crippen LogP contribution in [0.2, 0.25) is 0 Å². The average molecular weight is 448 g/mol. The molecule has 2 aliphatic rings. The van der Waals surface area contributed by atoms with Gasteiger partial charge in [-0.1, -0.05) is 18.2 Å². The third-order valence-electron chi connectivity index (χ3n) is 6.30. The molecule has 6 rings (SSSR count). The van der Waals surface area contributed by atoms with Crippen LogP contribution in [0.5, 0.6) is 0 Å². The number of anilines is 1. The van der Waals surface area contributed by atoms with Crippen molar-refractivity contribution in [1.29, 1.82) is 0 Å². The lowest BCUT2D eigenvalue weighted by molar-refractivity contribution is -0.120. The predicted molar refractivity (Wildman–Crippen MR) is 114 cm³/mol. The third kappa shape index (κ3) is 2.94.